The van der Waals surface area contributed by atoms with E-state index in [9.17, 15) is 0 Å². The third-order valence-corrected chi connectivity index (χ3v) is 1.40. The molecule has 0 aliphatic heterocycles. The third-order valence-electron chi connectivity index (χ3n) is 1.40. The molecule has 12 heavy (non-hydrogen) atoms. The summed E-state index contributed by atoms with van der Waals surface area (Å²) >= 11 is 0. The second-order valence-electron chi connectivity index (χ2n) is 2.78. The molecule has 0 aliphatic rings. The van der Waals surface area contributed by atoms with E-state index in [1.807, 2.05) is 0 Å². The second kappa shape index (κ2) is 5.42. The number of allylic oxidation sites excluding steroid dienone is 4. The van der Waals surface area contributed by atoms with E-state index in [-0.39, 0.29) is 0 Å². The minimum atomic E-state index is 0.396. The highest BCUT2D eigenvalue weighted by Gasteiger charge is 1.97. The highest BCUT2D eigenvalue weighted by atomic mass is 14.9. The SMILES string of the molecule is C=CC(C=C)=C(C=C)NC(C)C. The maximum atomic E-state index is 3.71. The summed E-state index contributed by atoms with van der Waals surface area (Å²) in [6.45, 7) is 15.3. The van der Waals surface area contributed by atoms with Gasteiger partial charge in [0.2, 0.25) is 0 Å². The Hall–Kier alpha value is -1.24. The lowest BCUT2D eigenvalue weighted by atomic mass is 10.2. The molecule has 66 valence electrons. The fourth-order valence-corrected chi connectivity index (χ4v) is 0.874. The monoisotopic (exact) mass is 163 g/mol. The topological polar surface area (TPSA) is 12.0 Å². The van der Waals surface area contributed by atoms with Crippen LogP contribution in [0.5, 0.6) is 0 Å². The van der Waals surface area contributed by atoms with Crippen LogP contribution in [0, 0.1) is 0 Å². The summed E-state index contributed by atoms with van der Waals surface area (Å²) < 4.78 is 0. The Kier molecular flexibility index (Phi) is 4.86. The largest absolute Gasteiger partial charge is 0.382 e. The number of hydrogen-bond donors (Lipinski definition) is 1. The van der Waals surface area contributed by atoms with E-state index < -0.39 is 0 Å². The predicted octanol–water partition coefficient (Wildman–Crippen LogP) is 2.80. The summed E-state index contributed by atoms with van der Waals surface area (Å²) in [6.07, 6.45) is 5.30. The van der Waals surface area contributed by atoms with Gasteiger partial charge in [0.05, 0.1) is 0 Å². The van der Waals surface area contributed by atoms with Gasteiger partial charge in [-0.05, 0) is 25.5 Å². The van der Waals surface area contributed by atoms with Crippen LogP contribution >= 0.6 is 0 Å². The second-order valence-corrected chi connectivity index (χ2v) is 2.78. The van der Waals surface area contributed by atoms with Gasteiger partial charge in [0, 0.05) is 11.7 Å². The molecule has 0 rings (SSSR count). The molecule has 0 fully saturated rings. The zero-order chi connectivity index (χ0) is 9.56. The first-order valence-electron chi connectivity index (χ1n) is 4.03. The van der Waals surface area contributed by atoms with Crippen molar-refractivity contribution >= 4 is 0 Å². The van der Waals surface area contributed by atoms with Crippen LogP contribution in [0.25, 0.3) is 0 Å². The lowest BCUT2D eigenvalue weighted by Crippen LogP contribution is -2.21. The van der Waals surface area contributed by atoms with Crippen LogP contribution in [-0.4, -0.2) is 6.04 Å². The molecule has 0 aromatic rings. The molecule has 0 aromatic carbocycles. The summed E-state index contributed by atoms with van der Waals surface area (Å²) in [7, 11) is 0. The van der Waals surface area contributed by atoms with Crippen molar-refractivity contribution in [1.82, 2.24) is 5.32 Å². The Morgan fingerprint density at radius 1 is 1.08 bits per heavy atom. The van der Waals surface area contributed by atoms with Gasteiger partial charge in [-0.3, -0.25) is 0 Å². The smallest absolute Gasteiger partial charge is 0.0409 e. The number of rotatable bonds is 5. The Labute approximate surface area is 75.2 Å². The van der Waals surface area contributed by atoms with Crippen molar-refractivity contribution in [1.29, 1.82) is 0 Å². The molecule has 0 spiro atoms. The number of nitrogens with one attached hydrogen (secondary N) is 1. The molecule has 0 unspecified atom stereocenters. The molecular weight excluding hydrogens is 146 g/mol. The Bertz CT molecular complexity index is 199. The zero-order valence-electron chi connectivity index (χ0n) is 7.93. The van der Waals surface area contributed by atoms with E-state index >= 15 is 0 Å². The quantitative estimate of drug-likeness (QED) is 0.614. The van der Waals surface area contributed by atoms with Crippen molar-refractivity contribution in [3.05, 3.63) is 49.2 Å². The van der Waals surface area contributed by atoms with Crippen LogP contribution in [0.15, 0.2) is 49.2 Å². The molecule has 0 radical (unpaired) electrons. The Morgan fingerprint density at radius 2 is 1.58 bits per heavy atom. The first kappa shape index (κ1) is 10.8. The molecule has 1 nitrogen and oxygen atoms in total. The van der Waals surface area contributed by atoms with Crippen LogP contribution in [0.1, 0.15) is 13.8 Å². The summed E-state index contributed by atoms with van der Waals surface area (Å²) in [6, 6.07) is 0.396. The van der Waals surface area contributed by atoms with E-state index in [0.29, 0.717) is 6.04 Å². The highest BCUT2D eigenvalue weighted by molar-refractivity contribution is 5.37. The Morgan fingerprint density at radius 3 is 1.83 bits per heavy atom. The summed E-state index contributed by atoms with van der Waals surface area (Å²) in [5, 5.41) is 3.25. The van der Waals surface area contributed by atoms with Crippen LogP contribution in [-0.2, 0) is 0 Å². The zero-order valence-corrected chi connectivity index (χ0v) is 7.93. The minimum absolute atomic E-state index is 0.396. The van der Waals surface area contributed by atoms with Crippen LogP contribution in [0.3, 0.4) is 0 Å². The van der Waals surface area contributed by atoms with Gasteiger partial charge in [-0.1, -0.05) is 31.9 Å². The molecule has 1 heteroatoms. The van der Waals surface area contributed by atoms with E-state index in [2.05, 4.69) is 38.9 Å². The van der Waals surface area contributed by atoms with Gasteiger partial charge in [0.25, 0.3) is 0 Å². The van der Waals surface area contributed by atoms with Gasteiger partial charge in [-0.25, -0.2) is 0 Å². The summed E-state index contributed by atoms with van der Waals surface area (Å²) in [5.74, 6) is 0. The molecular formula is C11H17N. The van der Waals surface area contributed by atoms with Gasteiger partial charge in [0.15, 0.2) is 0 Å². The molecule has 0 bridgehead atoms. The van der Waals surface area contributed by atoms with E-state index in [4.69, 9.17) is 0 Å². The van der Waals surface area contributed by atoms with Crippen molar-refractivity contribution in [2.75, 3.05) is 0 Å². The molecule has 0 atom stereocenters. The van der Waals surface area contributed by atoms with Gasteiger partial charge < -0.3 is 5.32 Å². The van der Waals surface area contributed by atoms with Crippen molar-refractivity contribution < 1.29 is 0 Å². The van der Waals surface area contributed by atoms with Crippen molar-refractivity contribution in [3.8, 4) is 0 Å². The number of hydrogen-bond acceptors (Lipinski definition) is 1. The molecule has 0 saturated carbocycles. The standard InChI is InChI=1S/C11H17N/c1-6-10(7-2)11(8-3)12-9(4)5/h6-9,12H,1-3H2,4-5H3. The first-order chi connectivity index (χ1) is 5.65. The molecule has 1 N–H and O–H groups in total. The lowest BCUT2D eigenvalue weighted by molar-refractivity contribution is 0.679. The fourth-order valence-electron chi connectivity index (χ4n) is 0.874. The highest BCUT2D eigenvalue weighted by Crippen LogP contribution is 2.05. The van der Waals surface area contributed by atoms with Crippen LogP contribution in [0.4, 0.5) is 0 Å². The van der Waals surface area contributed by atoms with Crippen LogP contribution < -0.4 is 5.32 Å². The predicted molar refractivity (Wildman–Crippen MR) is 55.9 cm³/mol. The van der Waals surface area contributed by atoms with Crippen molar-refractivity contribution in [3.63, 3.8) is 0 Å². The van der Waals surface area contributed by atoms with E-state index in [1.54, 1.807) is 18.2 Å². The maximum Gasteiger partial charge on any atom is 0.0409 e. The molecule has 0 saturated heterocycles. The van der Waals surface area contributed by atoms with Gasteiger partial charge in [0.1, 0.15) is 0 Å². The molecule has 0 heterocycles. The van der Waals surface area contributed by atoms with Crippen molar-refractivity contribution in [2.24, 2.45) is 0 Å². The first-order valence-corrected chi connectivity index (χ1v) is 4.03. The van der Waals surface area contributed by atoms with Gasteiger partial charge >= 0.3 is 0 Å². The molecule has 0 aromatic heterocycles. The maximum absolute atomic E-state index is 3.71. The minimum Gasteiger partial charge on any atom is -0.382 e. The van der Waals surface area contributed by atoms with Gasteiger partial charge in [-0.2, -0.15) is 0 Å². The third kappa shape index (κ3) is 3.24. The lowest BCUT2D eigenvalue weighted by Gasteiger charge is -2.12. The summed E-state index contributed by atoms with van der Waals surface area (Å²) in [4.78, 5) is 0. The molecule has 0 aliphatic carbocycles. The summed E-state index contributed by atoms with van der Waals surface area (Å²) in [5.41, 5.74) is 1.97. The average molecular weight is 163 g/mol. The van der Waals surface area contributed by atoms with E-state index in [1.165, 1.54) is 0 Å². The average Bonchev–Trinajstić information content (AvgIpc) is 2.04. The normalized spacial score (nSPS) is 8.92. The fraction of sp³-hybridized carbons (Fsp3) is 0.273. The van der Waals surface area contributed by atoms with Crippen LogP contribution in [0.2, 0.25) is 0 Å². The molecule has 0 amide bonds. The Balaban J connectivity index is 4.68. The van der Waals surface area contributed by atoms with Gasteiger partial charge in [-0.15, -0.1) is 0 Å². The van der Waals surface area contributed by atoms with E-state index in [0.717, 1.165) is 11.3 Å². The van der Waals surface area contributed by atoms with Crippen molar-refractivity contribution in [2.45, 2.75) is 19.9 Å².